The van der Waals surface area contributed by atoms with Crippen molar-refractivity contribution in [2.24, 2.45) is 0 Å². The van der Waals surface area contributed by atoms with Crippen molar-refractivity contribution in [1.82, 2.24) is 5.32 Å². The van der Waals surface area contributed by atoms with E-state index in [2.05, 4.69) is 10.0 Å². The number of anilines is 1. The van der Waals surface area contributed by atoms with Crippen LogP contribution in [0.5, 0.6) is 0 Å². The Morgan fingerprint density at radius 1 is 1.42 bits per heavy atom. The monoisotopic (exact) mass is 314 g/mol. The molecule has 0 unspecified atom stereocenters. The summed E-state index contributed by atoms with van der Waals surface area (Å²) in [5.74, 6) is -0.239. The van der Waals surface area contributed by atoms with Crippen LogP contribution in [0.15, 0.2) is 29.2 Å². The highest BCUT2D eigenvalue weighted by atomic mass is 32.2. The van der Waals surface area contributed by atoms with Crippen LogP contribution in [-0.4, -0.2) is 24.9 Å². The highest BCUT2D eigenvalue weighted by Crippen LogP contribution is 2.26. The fourth-order valence-corrected chi connectivity index (χ4v) is 3.08. The number of hydrogen-bond donors (Lipinski definition) is 2. The molecule has 2 rings (SSSR count). The number of carbonyl (C=O) groups excluding carboxylic acids is 1. The number of carbonyl (C=O) groups is 1. The van der Waals surface area contributed by atoms with Gasteiger partial charge in [0.2, 0.25) is 10.0 Å². The zero-order chi connectivity index (χ0) is 14.0. The summed E-state index contributed by atoms with van der Waals surface area (Å²) in [5, 5.41) is 2.52. The second-order valence-corrected chi connectivity index (χ2v) is 7.32. The lowest BCUT2D eigenvalue weighted by Gasteiger charge is -2.04. The second kappa shape index (κ2) is 5.32. The van der Waals surface area contributed by atoms with Crippen molar-refractivity contribution in [2.75, 3.05) is 11.0 Å². The van der Waals surface area contributed by atoms with Crippen LogP contribution < -0.4 is 10.0 Å². The average molecular weight is 314 g/mol. The number of sulfonamides is 1. The fraction of sp³-hybridized carbons (Fsp3) is 0.0909. The van der Waals surface area contributed by atoms with Gasteiger partial charge in [0.15, 0.2) is 0 Å². The Hall–Kier alpha value is -1.38. The number of rotatable bonds is 3. The van der Waals surface area contributed by atoms with Crippen molar-refractivity contribution in [3.8, 4) is 0 Å². The van der Waals surface area contributed by atoms with Crippen LogP contribution in [0.4, 0.5) is 5.69 Å². The van der Waals surface area contributed by atoms with E-state index in [-0.39, 0.29) is 5.91 Å². The third kappa shape index (κ3) is 4.05. The molecule has 0 aliphatic carbocycles. The van der Waals surface area contributed by atoms with Gasteiger partial charge in [0.1, 0.15) is 4.32 Å². The molecule has 0 radical (unpaired) electrons. The summed E-state index contributed by atoms with van der Waals surface area (Å²) in [6, 6.07) is 6.75. The van der Waals surface area contributed by atoms with Crippen molar-refractivity contribution in [3.63, 3.8) is 0 Å². The fourth-order valence-electron chi connectivity index (χ4n) is 1.48. The molecule has 1 aromatic carbocycles. The number of benzene rings is 1. The first-order valence-corrected chi connectivity index (χ1v) is 8.28. The van der Waals surface area contributed by atoms with Crippen molar-refractivity contribution in [3.05, 3.63) is 34.7 Å². The maximum Gasteiger partial charge on any atom is 0.263 e. The van der Waals surface area contributed by atoms with Crippen LogP contribution in [0, 0.1) is 0 Å². The molecule has 5 nitrogen and oxygen atoms in total. The van der Waals surface area contributed by atoms with Gasteiger partial charge in [-0.05, 0) is 23.8 Å². The van der Waals surface area contributed by atoms with E-state index in [4.69, 9.17) is 12.2 Å². The minimum atomic E-state index is -3.32. The maximum absolute atomic E-state index is 11.5. The molecule has 2 N–H and O–H groups in total. The quantitative estimate of drug-likeness (QED) is 0.654. The average Bonchev–Trinajstić information content (AvgIpc) is 2.55. The highest BCUT2D eigenvalue weighted by Gasteiger charge is 2.21. The van der Waals surface area contributed by atoms with E-state index in [1.165, 1.54) is 11.8 Å². The van der Waals surface area contributed by atoms with Crippen LogP contribution >= 0.6 is 24.0 Å². The normalized spacial score (nSPS) is 17.6. The molecule has 1 aromatic rings. The molecule has 0 saturated carbocycles. The molecule has 0 atom stereocenters. The molecule has 1 aliphatic rings. The van der Waals surface area contributed by atoms with E-state index < -0.39 is 10.0 Å². The Bertz CT molecular complexity index is 680. The minimum Gasteiger partial charge on any atom is -0.307 e. The minimum absolute atomic E-state index is 0.239. The van der Waals surface area contributed by atoms with Crippen molar-refractivity contribution >= 4 is 56.0 Å². The lowest BCUT2D eigenvalue weighted by molar-refractivity contribution is -0.115. The van der Waals surface area contributed by atoms with Gasteiger partial charge in [-0.3, -0.25) is 9.52 Å². The molecule has 1 aliphatic heterocycles. The van der Waals surface area contributed by atoms with Gasteiger partial charge < -0.3 is 5.32 Å². The maximum atomic E-state index is 11.5. The molecular formula is C11H10N2O3S3. The Labute approximate surface area is 120 Å². The lowest BCUT2D eigenvalue weighted by atomic mass is 10.2. The molecule has 100 valence electrons. The SMILES string of the molecule is CS(=O)(=O)Nc1cccc(/C=C2\SC(=S)NC2=O)c1. The van der Waals surface area contributed by atoms with Gasteiger partial charge in [-0.15, -0.1) is 0 Å². The van der Waals surface area contributed by atoms with Crippen LogP contribution in [0.25, 0.3) is 6.08 Å². The van der Waals surface area contributed by atoms with Gasteiger partial charge in [0, 0.05) is 5.69 Å². The Morgan fingerprint density at radius 3 is 2.74 bits per heavy atom. The summed E-state index contributed by atoms with van der Waals surface area (Å²) in [5.41, 5.74) is 1.17. The van der Waals surface area contributed by atoms with E-state index in [9.17, 15) is 13.2 Å². The first-order chi connectivity index (χ1) is 8.83. The topological polar surface area (TPSA) is 75.3 Å². The molecule has 8 heteroatoms. The molecule has 0 bridgehead atoms. The van der Waals surface area contributed by atoms with E-state index in [0.717, 1.165) is 11.8 Å². The first-order valence-electron chi connectivity index (χ1n) is 5.16. The number of thioether (sulfide) groups is 1. The molecule has 0 aromatic heterocycles. The third-order valence-electron chi connectivity index (χ3n) is 2.13. The zero-order valence-corrected chi connectivity index (χ0v) is 12.3. The highest BCUT2D eigenvalue weighted by molar-refractivity contribution is 8.26. The van der Waals surface area contributed by atoms with E-state index in [1.54, 1.807) is 30.3 Å². The standard InChI is InChI=1S/C11H10N2O3S3/c1-19(15,16)13-8-4-2-3-7(5-8)6-9-10(14)12-11(17)18-9/h2-6,13H,1H3,(H,12,14,17)/b9-6-. The summed E-state index contributed by atoms with van der Waals surface area (Å²) in [7, 11) is -3.32. The smallest absolute Gasteiger partial charge is 0.263 e. The Kier molecular flexibility index (Phi) is 3.93. The van der Waals surface area contributed by atoms with Gasteiger partial charge in [0.25, 0.3) is 5.91 Å². The van der Waals surface area contributed by atoms with Crippen LogP contribution in [0.1, 0.15) is 5.56 Å². The Morgan fingerprint density at radius 2 is 2.16 bits per heavy atom. The molecule has 1 amide bonds. The molecule has 0 spiro atoms. The summed E-state index contributed by atoms with van der Waals surface area (Å²) in [4.78, 5) is 12.0. The largest absolute Gasteiger partial charge is 0.307 e. The van der Waals surface area contributed by atoms with E-state index in [0.29, 0.717) is 14.9 Å². The van der Waals surface area contributed by atoms with Crippen LogP contribution in [0.3, 0.4) is 0 Å². The van der Waals surface area contributed by atoms with Gasteiger partial charge in [-0.25, -0.2) is 8.42 Å². The second-order valence-electron chi connectivity index (χ2n) is 3.85. The van der Waals surface area contributed by atoms with Crippen molar-refractivity contribution in [1.29, 1.82) is 0 Å². The predicted octanol–water partition coefficient (Wildman–Crippen LogP) is 1.55. The molecular weight excluding hydrogens is 304 g/mol. The van der Waals surface area contributed by atoms with Gasteiger partial charge in [0.05, 0.1) is 11.2 Å². The molecule has 1 saturated heterocycles. The lowest BCUT2D eigenvalue weighted by Crippen LogP contribution is -2.17. The van der Waals surface area contributed by atoms with Gasteiger partial charge in [-0.1, -0.05) is 36.1 Å². The number of hydrogen-bond acceptors (Lipinski definition) is 5. The van der Waals surface area contributed by atoms with Crippen molar-refractivity contribution in [2.45, 2.75) is 0 Å². The number of nitrogens with one attached hydrogen (secondary N) is 2. The van der Waals surface area contributed by atoms with Gasteiger partial charge in [-0.2, -0.15) is 0 Å². The van der Waals surface area contributed by atoms with Crippen LogP contribution in [-0.2, 0) is 14.8 Å². The summed E-state index contributed by atoms with van der Waals surface area (Å²) < 4.78 is 25.1. The number of thiocarbonyl (C=S) groups is 1. The summed E-state index contributed by atoms with van der Waals surface area (Å²) in [6.07, 6.45) is 2.74. The number of amides is 1. The third-order valence-corrected chi connectivity index (χ3v) is 3.90. The summed E-state index contributed by atoms with van der Waals surface area (Å²) in [6.45, 7) is 0. The zero-order valence-electron chi connectivity index (χ0n) is 9.84. The Balaban J connectivity index is 2.27. The van der Waals surface area contributed by atoms with Crippen molar-refractivity contribution < 1.29 is 13.2 Å². The predicted molar refractivity (Wildman–Crippen MR) is 81.2 cm³/mol. The van der Waals surface area contributed by atoms with E-state index >= 15 is 0 Å². The molecule has 1 fully saturated rings. The van der Waals surface area contributed by atoms with E-state index in [1.807, 2.05) is 0 Å². The first kappa shape index (κ1) is 14.0. The van der Waals surface area contributed by atoms with Crippen LogP contribution in [0.2, 0.25) is 0 Å². The van der Waals surface area contributed by atoms with Gasteiger partial charge >= 0.3 is 0 Å². The molecule has 19 heavy (non-hydrogen) atoms. The molecule has 1 heterocycles. The summed E-state index contributed by atoms with van der Waals surface area (Å²) >= 11 is 6.07.